The lowest BCUT2D eigenvalue weighted by molar-refractivity contribution is -0.149. The highest BCUT2D eigenvalue weighted by atomic mass is 16.5. The lowest BCUT2D eigenvalue weighted by Gasteiger charge is -2.17. The number of carbonyl (C=O) groups is 4. The molecule has 2 N–H and O–H groups in total. The quantitative estimate of drug-likeness (QED) is 0.508. The third-order valence-electron chi connectivity index (χ3n) is 3.72. The van der Waals surface area contributed by atoms with Crippen LogP contribution in [0.5, 0.6) is 0 Å². The normalized spacial score (nSPS) is 13.5. The van der Waals surface area contributed by atoms with Crippen LogP contribution < -0.4 is 10.6 Å². The molecule has 0 atom stereocenters. The van der Waals surface area contributed by atoms with Crippen molar-refractivity contribution in [3.05, 3.63) is 41.6 Å². The van der Waals surface area contributed by atoms with E-state index < -0.39 is 24.4 Å². The number of nitrogens with zero attached hydrogens (tertiary/aromatic N) is 1. The molecule has 1 aliphatic rings. The summed E-state index contributed by atoms with van der Waals surface area (Å²) in [6.07, 6.45) is 3.38. The topological polar surface area (TPSA) is 105 Å². The molecular formula is C19H23N3O5. The maximum atomic E-state index is 12.2. The van der Waals surface area contributed by atoms with Gasteiger partial charge in [0.25, 0.3) is 5.91 Å². The molecule has 0 unspecified atom stereocenters. The Labute approximate surface area is 157 Å². The number of likely N-dealkylation sites (N-methyl/N-ethyl adjacent to an activating group) is 1. The molecule has 3 amide bonds. The molecular weight excluding hydrogens is 350 g/mol. The van der Waals surface area contributed by atoms with Crippen LogP contribution in [0.1, 0.15) is 25.3 Å². The highest BCUT2D eigenvalue weighted by Crippen LogP contribution is 2.18. The van der Waals surface area contributed by atoms with E-state index in [1.165, 1.54) is 24.9 Å². The molecule has 1 fully saturated rings. The summed E-state index contributed by atoms with van der Waals surface area (Å²) in [5.41, 5.74) is 0.619. The van der Waals surface area contributed by atoms with E-state index in [4.69, 9.17) is 4.74 Å². The van der Waals surface area contributed by atoms with Crippen molar-refractivity contribution < 1.29 is 23.9 Å². The molecule has 0 aliphatic heterocycles. The molecule has 2 rings (SSSR count). The van der Waals surface area contributed by atoms with Crippen LogP contribution in [0, 0.1) is 0 Å². The number of esters is 1. The van der Waals surface area contributed by atoms with E-state index in [0.29, 0.717) is 5.56 Å². The van der Waals surface area contributed by atoms with Crippen molar-refractivity contribution in [2.75, 3.05) is 20.2 Å². The zero-order chi connectivity index (χ0) is 19.8. The van der Waals surface area contributed by atoms with Crippen LogP contribution in [0.25, 0.3) is 6.08 Å². The molecule has 27 heavy (non-hydrogen) atoms. The third kappa shape index (κ3) is 7.31. The van der Waals surface area contributed by atoms with Crippen molar-refractivity contribution in [3.8, 4) is 0 Å². The van der Waals surface area contributed by atoms with Gasteiger partial charge in [-0.1, -0.05) is 30.3 Å². The van der Waals surface area contributed by atoms with Crippen molar-refractivity contribution in [1.82, 2.24) is 15.5 Å². The SMILES string of the molecule is CC(=O)N/C(=C\c1ccccc1)C(=O)OCC(=O)N(C)CC(=O)NC1CC1. The Morgan fingerprint density at radius 1 is 1.19 bits per heavy atom. The van der Waals surface area contributed by atoms with Gasteiger partial charge < -0.3 is 20.3 Å². The predicted molar refractivity (Wildman–Crippen MR) is 98.0 cm³/mol. The van der Waals surface area contributed by atoms with Gasteiger partial charge in [-0.05, 0) is 24.5 Å². The molecule has 1 saturated carbocycles. The van der Waals surface area contributed by atoms with E-state index in [1.54, 1.807) is 24.3 Å². The third-order valence-corrected chi connectivity index (χ3v) is 3.72. The van der Waals surface area contributed by atoms with Gasteiger partial charge in [0, 0.05) is 20.0 Å². The molecule has 1 aromatic rings. The number of carbonyl (C=O) groups excluding carboxylic acids is 4. The van der Waals surface area contributed by atoms with Gasteiger partial charge in [-0.15, -0.1) is 0 Å². The average Bonchev–Trinajstić information content (AvgIpc) is 3.43. The fourth-order valence-corrected chi connectivity index (χ4v) is 2.17. The Balaban J connectivity index is 1.89. The zero-order valence-electron chi connectivity index (χ0n) is 15.4. The lowest BCUT2D eigenvalue weighted by atomic mass is 10.2. The predicted octanol–water partition coefficient (Wildman–Crippen LogP) is 0.444. The first kappa shape index (κ1) is 20.2. The molecule has 8 nitrogen and oxygen atoms in total. The van der Waals surface area contributed by atoms with E-state index >= 15 is 0 Å². The first-order valence-electron chi connectivity index (χ1n) is 8.60. The lowest BCUT2D eigenvalue weighted by Crippen LogP contribution is -2.41. The van der Waals surface area contributed by atoms with E-state index in [1.807, 2.05) is 6.07 Å². The number of hydrogen-bond acceptors (Lipinski definition) is 5. The van der Waals surface area contributed by atoms with Crippen LogP contribution in [0.3, 0.4) is 0 Å². The van der Waals surface area contributed by atoms with Gasteiger partial charge in [-0.3, -0.25) is 14.4 Å². The Bertz CT molecular complexity index is 741. The highest BCUT2D eigenvalue weighted by molar-refractivity contribution is 5.98. The fraction of sp³-hybridized carbons (Fsp3) is 0.368. The summed E-state index contributed by atoms with van der Waals surface area (Å²) in [5.74, 6) is -2.04. The minimum atomic E-state index is -0.835. The Hall–Kier alpha value is -3.16. The number of ether oxygens (including phenoxy) is 1. The van der Waals surface area contributed by atoms with Gasteiger partial charge in [0.15, 0.2) is 6.61 Å². The van der Waals surface area contributed by atoms with Gasteiger partial charge >= 0.3 is 5.97 Å². The molecule has 1 aromatic carbocycles. The second-order valence-electron chi connectivity index (χ2n) is 6.32. The van der Waals surface area contributed by atoms with Crippen molar-refractivity contribution in [2.45, 2.75) is 25.8 Å². The van der Waals surface area contributed by atoms with Gasteiger partial charge in [0.1, 0.15) is 5.70 Å². The van der Waals surface area contributed by atoms with Gasteiger partial charge in [-0.25, -0.2) is 4.79 Å². The molecule has 0 bridgehead atoms. The van der Waals surface area contributed by atoms with Crippen LogP contribution >= 0.6 is 0 Å². The molecule has 8 heteroatoms. The smallest absolute Gasteiger partial charge is 0.355 e. The molecule has 0 saturated heterocycles. The second-order valence-corrected chi connectivity index (χ2v) is 6.32. The fourth-order valence-electron chi connectivity index (χ4n) is 2.17. The number of rotatable bonds is 8. The summed E-state index contributed by atoms with van der Waals surface area (Å²) >= 11 is 0. The first-order chi connectivity index (χ1) is 12.8. The average molecular weight is 373 g/mol. The first-order valence-corrected chi connectivity index (χ1v) is 8.60. The van der Waals surface area contributed by atoms with Crippen LogP contribution in [-0.4, -0.2) is 54.8 Å². The molecule has 0 radical (unpaired) electrons. The Morgan fingerprint density at radius 3 is 2.44 bits per heavy atom. The summed E-state index contributed by atoms with van der Waals surface area (Å²) < 4.78 is 4.99. The molecule has 144 valence electrons. The Kier molecular flexibility index (Phi) is 7.10. The summed E-state index contributed by atoms with van der Waals surface area (Å²) in [4.78, 5) is 48.5. The van der Waals surface area contributed by atoms with Crippen molar-refractivity contribution >= 4 is 29.8 Å². The van der Waals surface area contributed by atoms with Crippen LogP contribution in [0.15, 0.2) is 36.0 Å². The van der Waals surface area contributed by atoms with Crippen molar-refractivity contribution in [3.63, 3.8) is 0 Å². The molecule has 0 aromatic heterocycles. The van der Waals surface area contributed by atoms with Crippen LogP contribution in [-0.2, 0) is 23.9 Å². The van der Waals surface area contributed by atoms with E-state index in [2.05, 4.69) is 10.6 Å². The summed E-state index contributed by atoms with van der Waals surface area (Å²) in [6, 6.07) is 9.12. The summed E-state index contributed by atoms with van der Waals surface area (Å²) in [5, 5.41) is 5.17. The number of hydrogen-bond donors (Lipinski definition) is 2. The number of benzene rings is 1. The molecule has 1 aliphatic carbocycles. The van der Waals surface area contributed by atoms with E-state index in [9.17, 15) is 19.2 Å². The largest absolute Gasteiger partial charge is 0.451 e. The van der Waals surface area contributed by atoms with Crippen LogP contribution in [0.4, 0.5) is 0 Å². The Morgan fingerprint density at radius 2 is 1.85 bits per heavy atom. The van der Waals surface area contributed by atoms with Gasteiger partial charge in [0.05, 0.1) is 6.54 Å². The van der Waals surface area contributed by atoms with Gasteiger partial charge in [-0.2, -0.15) is 0 Å². The zero-order valence-corrected chi connectivity index (χ0v) is 15.4. The standard InChI is InChI=1S/C19H23N3O5/c1-13(23)20-16(10-14-6-4-3-5-7-14)19(26)27-12-18(25)22(2)11-17(24)21-15-8-9-15/h3-7,10,15H,8-9,11-12H2,1-2H3,(H,20,23)(H,21,24)/b16-10-. The van der Waals surface area contributed by atoms with Gasteiger partial charge in [0.2, 0.25) is 11.8 Å². The second kappa shape index (κ2) is 9.51. The van der Waals surface area contributed by atoms with Crippen molar-refractivity contribution in [2.24, 2.45) is 0 Å². The van der Waals surface area contributed by atoms with Crippen LogP contribution in [0.2, 0.25) is 0 Å². The number of amides is 3. The number of nitrogens with one attached hydrogen (secondary N) is 2. The molecule has 0 heterocycles. The monoisotopic (exact) mass is 373 g/mol. The minimum absolute atomic E-state index is 0.0735. The maximum absolute atomic E-state index is 12.2. The summed E-state index contributed by atoms with van der Waals surface area (Å²) in [6.45, 7) is 0.632. The van der Waals surface area contributed by atoms with E-state index in [-0.39, 0.29) is 24.2 Å². The van der Waals surface area contributed by atoms with Crippen molar-refractivity contribution in [1.29, 1.82) is 0 Å². The maximum Gasteiger partial charge on any atom is 0.355 e. The molecule has 0 spiro atoms. The minimum Gasteiger partial charge on any atom is -0.451 e. The summed E-state index contributed by atoms with van der Waals surface area (Å²) in [7, 11) is 1.46. The van der Waals surface area contributed by atoms with E-state index in [0.717, 1.165) is 12.8 Å². The highest BCUT2D eigenvalue weighted by Gasteiger charge is 2.24.